The normalized spacial score (nSPS) is 12.3. The molecule has 0 aliphatic heterocycles. The predicted octanol–water partition coefficient (Wildman–Crippen LogP) is 8.48. The Morgan fingerprint density at radius 2 is 1.50 bits per heavy atom. The summed E-state index contributed by atoms with van der Waals surface area (Å²) in [5.41, 5.74) is 2.88. The van der Waals surface area contributed by atoms with Gasteiger partial charge in [0.2, 0.25) is 0 Å². The molecule has 0 heterocycles. The second kappa shape index (κ2) is 16.3. The number of benzene rings is 1. The Morgan fingerprint density at radius 1 is 0.929 bits per heavy atom. The SMILES string of the molecule is C=CC/C(=[CH]\[Sn]([CH2]CCC)([CH2]CCC)[CH2]CCC)CCOCc1ccccc1. The van der Waals surface area contributed by atoms with Crippen LogP contribution in [0.4, 0.5) is 0 Å². The standard InChI is InChI=1S/C14H17O.3C4H9.Sn/c1-3-7-13(2)10-11-15-12-14-8-5-4-6-9-14;3*1-3-4-2;/h2-6,8-9H,1,7,10-12H2;3*1,3-4H2,2H3;. The minimum atomic E-state index is -2.23. The number of ether oxygens (including phenoxy) is 1. The summed E-state index contributed by atoms with van der Waals surface area (Å²) in [6, 6.07) is 10.5. The predicted molar refractivity (Wildman–Crippen MR) is 129 cm³/mol. The molecule has 1 aromatic rings. The zero-order valence-electron chi connectivity index (χ0n) is 18.8. The van der Waals surface area contributed by atoms with Gasteiger partial charge in [-0.05, 0) is 0 Å². The Labute approximate surface area is 179 Å². The molecule has 1 rings (SSSR count). The third-order valence-corrected chi connectivity index (χ3v) is 20.1. The first-order valence-electron chi connectivity index (χ1n) is 11.6. The van der Waals surface area contributed by atoms with E-state index >= 15 is 0 Å². The van der Waals surface area contributed by atoms with Crippen molar-refractivity contribution in [3.05, 3.63) is 58.2 Å². The van der Waals surface area contributed by atoms with Gasteiger partial charge in [0.15, 0.2) is 0 Å². The van der Waals surface area contributed by atoms with Gasteiger partial charge < -0.3 is 0 Å². The molecule has 0 fully saturated rings. The molecule has 1 nitrogen and oxygen atoms in total. The molecule has 0 atom stereocenters. The molecule has 0 spiro atoms. The topological polar surface area (TPSA) is 9.23 Å². The zero-order chi connectivity index (χ0) is 20.5. The van der Waals surface area contributed by atoms with Crippen LogP contribution < -0.4 is 0 Å². The summed E-state index contributed by atoms with van der Waals surface area (Å²) in [5, 5.41) is 0. The quantitative estimate of drug-likeness (QED) is 0.121. The minimum absolute atomic E-state index is 0.720. The third kappa shape index (κ3) is 10.9. The van der Waals surface area contributed by atoms with E-state index in [4.69, 9.17) is 4.74 Å². The molecule has 0 unspecified atom stereocenters. The second-order valence-corrected chi connectivity index (χ2v) is 21.1. The summed E-state index contributed by atoms with van der Waals surface area (Å²) in [6.45, 7) is 12.6. The second-order valence-electron chi connectivity index (χ2n) is 8.26. The van der Waals surface area contributed by atoms with Gasteiger partial charge in [0.1, 0.15) is 0 Å². The average Bonchev–Trinajstić information content (AvgIpc) is 2.73. The molecule has 0 saturated carbocycles. The molecule has 0 aliphatic carbocycles. The van der Waals surface area contributed by atoms with Crippen LogP contribution in [0.5, 0.6) is 0 Å². The zero-order valence-corrected chi connectivity index (χ0v) is 21.7. The van der Waals surface area contributed by atoms with Crippen molar-refractivity contribution in [3.8, 4) is 0 Å². The summed E-state index contributed by atoms with van der Waals surface area (Å²) < 4.78 is 13.5. The van der Waals surface area contributed by atoms with E-state index in [2.05, 4.69) is 67.8 Å². The Morgan fingerprint density at radius 3 is 2.00 bits per heavy atom. The Bertz CT molecular complexity index is 513. The molecular weight excluding hydrogens is 447 g/mol. The first-order chi connectivity index (χ1) is 13.7. The fraction of sp³-hybridized carbons (Fsp3) is 0.615. The number of rotatable bonds is 17. The van der Waals surface area contributed by atoms with Crippen molar-refractivity contribution in [2.75, 3.05) is 6.61 Å². The van der Waals surface area contributed by atoms with Gasteiger partial charge >= 0.3 is 180 Å². The van der Waals surface area contributed by atoms with Gasteiger partial charge in [-0.2, -0.15) is 0 Å². The molecule has 1 aromatic carbocycles. The van der Waals surface area contributed by atoms with Gasteiger partial charge in [-0.15, -0.1) is 0 Å². The molecule has 158 valence electrons. The van der Waals surface area contributed by atoms with E-state index in [9.17, 15) is 0 Å². The maximum absolute atomic E-state index is 6.00. The van der Waals surface area contributed by atoms with Crippen molar-refractivity contribution >= 4 is 18.4 Å². The first-order valence-corrected chi connectivity index (χ1v) is 19.3. The Kier molecular flexibility index (Phi) is 14.8. The molecule has 0 amide bonds. The number of hydrogen-bond donors (Lipinski definition) is 0. The van der Waals surface area contributed by atoms with E-state index in [-0.39, 0.29) is 0 Å². The van der Waals surface area contributed by atoms with E-state index in [1.807, 2.05) is 0 Å². The van der Waals surface area contributed by atoms with E-state index in [0.29, 0.717) is 0 Å². The molecule has 2 heteroatoms. The van der Waals surface area contributed by atoms with Crippen molar-refractivity contribution in [2.24, 2.45) is 0 Å². The molecule has 0 aromatic heterocycles. The van der Waals surface area contributed by atoms with Crippen LogP contribution in [0.1, 0.15) is 77.7 Å². The summed E-state index contributed by atoms with van der Waals surface area (Å²) in [4.78, 5) is 0. The number of unbranched alkanes of at least 4 members (excludes halogenated alkanes) is 3. The van der Waals surface area contributed by atoms with Gasteiger partial charge in [-0.1, -0.05) is 0 Å². The van der Waals surface area contributed by atoms with Crippen molar-refractivity contribution in [1.82, 2.24) is 0 Å². The van der Waals surface area contributed by atoms with E-state index in [1.54, 1.807) is 5.57 Å². The molecular formula is C26H44OSn. The van der Waals surface area contributed by atoms with Gasteiger partial charge in [-0.25, -0.2) is 0 Å². The van der Waals surface area contributed by atoms with Gasteiger partial charge in [0.05, 0.1) is 0 Å². The van der Waals surface area contributed by atoms with Crippen LogP contribution in [0.15, 0.2) is 52.7 Å². The average molecular weight is 491 g/mol. The molecule has 0 aliphatic rings. The van der Waals surface area contributed by atoms with Crippen LogP contribution in [-0.2, 0) is 11.3 Å². The van der Waals surface area contributed by atoms with E-state index in [0.717, 1.165) is 26.1 Å². The van der Waals surface area contributed by atoms with Crippen LogP contribution in [0.2, 0.25) is 13.3 Å². The summed E-state index contributed by atoms with van der Waals surface area (Å²) in [5.74, 6) is 0. The fourth-order valence-electron chi connectivity index (χ4n) is 4.00. The Hall–Kier alpha value is -0.541. The summed E-state index contributed by atoms with van der Waals surface area (Å²) >= 11 is -2.23. The van der Waals surface area contributed by atoms with Crippen LogP contribution in [0, 0.1) is 0 Å². The molecule has 0 saturated heterocycles. The number of hydrogen-bond acceptors (Lipinski definition) is 1. The Balaban J connectivity index is 2.80. The van der Waals surface area contributed by atoms with Crippen LogP contribution >= 0.6 is 0 Å². The molecule has 28 heavy (non-hydrogen) atoms. The van der Waals surface area contributed by atoms with Crippen LogP contribution in [-0.4, -0.2) is 25.0 Å². The van der Waals surface area contributed by atoms with Crippen LogP contribution in [0.25, 0.3) is 0 Å². The summed E-state index contributed by atoms with van der Waals surface area (Å²) in [7, 11) is 0. The van der Waals surface area contributed by atoms with Crippen LogP contribution in [0.3, 0.4) is 0 Å². The van der Waals surface area contributed by atoms with E-state index < -0.39 is 18.4 Å². The number of allylic oxidation sites excluding steroid dienone is 1. The first kappa shape index (κ1) is 25.5. The maximum atomic E-state index is 6.00. The van der Waals surface area contributed by atoms with Gasteiger partial charge in [-0.3, -0.25) is 0 Å². The van der Waals surface area contributed by atoms with Gasteiger partial charge in [0, 0.05) is 0 Å². The third-order valence-electron chi connectivity index (χ3n) is 5.68. The van der Waals surface area contributed by atoms with E-state index in [1.165, 1.54) is 57.4 Å². The fourth-order valence-corrected chi connectivity index (χ4v) is 19.6. The van der Waals surface area contributed by atoms with Crippen molar-refractivity contribution in [1.29, 1.82) is 0 Å². The van der Waals surface area contributed by atoms with Crippen molar-refractivity contribution in [2.45, 2.75) is 92.1 Å². The van der Waals surface area contributed by atoms with Crippen molar-refractivity contribution in [3.63, 3.8) is 0 Å². The van der Waals surface area contributed by atoms with Crippen molar-refractivity contribution < 1.29 is 4.74 Å². The monoisotopic (exact) mass is 492 g/mol. The molecule has 0 radical (unpaired) electrons. The summed E-state index contributed by atoms with van der Waals surface area (Å²) in [6.07, 6.45) is 12.5. The molecule has 0 bridgehead atoms. The van der Waals surface area contributed by atoms with Gasteiger partial charge in [0.25, 0.3) is 0 Å². The molecule has 0 N–H and O–H groups in total.